The van der Waals surface area contributed by atoms with Gasteiger partial charge in [0.25, 0.3) is 5.91 Å². The number of carbonyl (C=O) groups is 3. The molecule has 1 heterocycles. The number of nitrogens with zero attached hydrogens (tertiary/aromatic N) is 1. The first-order valence-electron chi connectivity index (χ1n) is 11.3. The highest BCUT2D eigenvalue weighted by Crippen LogP contribution is 2.42. The van der Waals surface area contributed by atoms with Crippen molar-refractivity contribution in [2.45, 2.75) is 4.90 Å². The molecule has 0 fully saturated rings. The summed E-state index contributed by atoms with van der Waals surface area (Å²) in [5, 5.41) is 13.0. The van der Waals surface area contributed by atoms with Gasteiger partial charge in [0.2, 0.25) is 5.91 Å². The van der Waals surface area contributed by atoms with Crippen molar-refractivity contribution in [1.82, 2.24) is 4.57 Å². The second-order valence-electron chi connectivity index (χ2n) is 8.35. The fraction of sp³-hybridized carbons (Fsp3) is 0.0357. The molecule has 0 saturated carbocycles. The Hall–Kier alpha value is -3.20. The molecule has 5 rings (SSSR count). The van der Waals surface area contributed by atoms with E-state index in [1.165, 1.54) is 11.8 Å². The quantitative estimate of drug-likeness (QED) is 0.113. The topological polar surface area (TPSA) is 88.4 Å². The largest absolute Gasteiger partial charge is 0.478 e. The molecule has 1 amide bonds. The van der Waals surface area contributed by atoms with Crippen LogP contribution in [0.15, 0.2) is 77.7 Å². The molecule has 2 N–H and O–H groups in total. The van der Waals surface area contributed by atoms with E-state index in [0.717, 1.165) is 21.8 Å². The zero-order valence-electron chi connectivity index (χ0n) is 19.7. The van der Waals surface area contributed by atoms with Gasteiger partial charge in [-0.25, -0.2) is 4.79 Å². The van der Waals surface area contributed by atoms with Crippen LogP contribution in [0.25, 0.3) is 21.8 Å². The molecule has 0 saturated heterocycles. The number of nitrogens with one attached hydrogen (secondary N) is 1. The van der Waals surface area contributed by atoms with Crippen molar-refractivity contribution in [1.29, 1.82) is 0 Å². The first-order chi connectivity index (χ1) is 18.7. The van der Waals surface area contributed by atoms with Crippen LogP contribution < -0.4 is 5.32 Å². The fourth-order valence-electron chi connectivity index (χ4n) is 4.30. The van der Waals surface area contributed by atoms with Gasteiger partial charge in [-0.1, -0.05) is 88.9 Å². The van der Waals surface area contributed by atoms with E-state index in [9.17, 15) is 19.5 Å². The zero-order chi connectivity index (χ0) is 27.8. The number of benzene rings is 4. The molecule has 0 unspecified atom stereocenters. The fourth-order valence-corrected chi connectivity index (χ4v) is 6.13. The smallest absolute Gasteiger partial charge is 0.338 e. The molecule has 0 aliphatic rings. The third-order valence-corrected chi connectivity index (χ3v) is 8.77. The van der Waals surface area contributed by atoms with Gasteiger partial charge in [0.05, 0.1) is 48.0 Å². The lowest BCUT2D eigenvalue weighted by Gasteiger charge is -2.14. The van der Waals surface area contributed by atoms with Gasteiger partial charge in [0.1, 0.15) is 0 Å². The number of aromatic carboxylic acids is 1. The Bertz CT molecular complexity index is 1770. The molecular weight excluding hydrogens is 602 g/mol. The summed E-state index contributed by atoms with van der Waals surface area (Å²) in [7, 11) is 0. The van der Waals surface area contributed by atoms with Crippen molar-refractivity contribution in [2.24, 2.45) is 0 Å². The van der Waals surface area contributed by atoms with Gasteiger partial charge in [-0.15, -0.1) is 11.8 Å². The number of anilines is 1. The number of carboxylic acids is 1. The number of carboxylic acid groups (broad SMARTS) is 1. The summed E-state index contributed by atoms with van der Waals surface area (Å²) in [6, 6.07) is 22.3. The molecule has 1 aromatic heterocycles. The molecule has 0 aliphatic carbocycles. The molecular formula is C28H16Cl4N2O4S. The molecule has 0 spiro atoms. The summed E-state index contributed by atoms with van der Waals surface area (Å²) >= 11 is 25.6. The third-order valence-electron chi connectivity index (χ3n) is 5.99. The second kappa shape index (κ2) is 11.1. The second-order valence-corrected chi connectivity index (χ2v) is 10.9. The van der Waals surface area contributed by atoms with E-state index in [1.54, 1.807) is 28.8 Å². The van der Waals surface area contributed by atoms with E-state index in [0.29, 0.717) is 10.6 Å². The van der Waals surface area contributed by atoms with Gasteiger partial charge in [-0.3, -0.25) is 14.2 Å². The SMILES string of the molecule is O=C(O)c1c(Cl)c(Cl)c(Cl)c(Cl)c1C(=O)Nc1cccc(SCC(=O)n2c3ccccc3c3ccccc32)c1. The zero-order valence-corrected chi connectivity index (χ0v) is 23.5. The van der Waals surface area contributed by atoms with Crippen LogP contribution in [0.4, 0.5) is 5.69 Å². The monoisotopic (exact) mass is 616 g/mol. The Morgan fingerprint density at radius 3 is 1.90 bits per heavy atom. The Morgan fingerprint density at radius 1 is 0.744 bits per heavy atom. The van der Waals surface area contributed by atoms with Crippen molar-refractivity contribution in [3.05, 3.63) is 104 Å². The maximum absolute atomic E-state index is 13.4. The van der Waals surface area contributed by atoms with Crippen molar-refractivity contribution in [3.63, 3.8) is 0 Å². The Labute approximate surface area is 246 Å². The average molecular weight is 618 g/mol. The Balaban J connectivity index is 1.38. The van der Waals surface area contributed by atoms with Gasteiger partial charge in [0.15, 0.2) is 0 Å². The summed E-state index contributed by atoms with van der Waals surface area (Å²) in [6.07, 6.45) is 0. The Kier molecular flexibility index (Phi) is 7.80. The molecule has 0 aliphatic heterocycles. The van der Waals surface area contributed by atoms with Gasteiger partial charge >= 0.3 is 5.97 Å². The predicted octanol–water partition coefficient (Wildman–Crippen LogP) is 8.79. The molecule has 4 aromatic carbocycles. The third kappa shape index (κ3) is 5.09. The minimum atomic E-state index is -1.49. The highest BCUT2D eigenvalue weighted by atomic mass is 35.5. The summed E-state index contributed by atoms with van der Waals surface area (Å²) in [5.74, 6) is -2.28. The van der Waals surface area contributed by atoms with Crippen LogP contribution in [-0.4, -0.2) is 33.2 Å². The van der Waals surface area contributed by atoms with Crippen LogP contribution in [0.3, 0.4) is 0 Å². The van der Waals surface area contributed by atoms with Gasteiger partial charge in [0, 0.05) is 21.4 Å². The number of halogens is 4. The van der Waals surface area contributed by atoms with Gasteiger partial charge in [-0.05, 0) is 30.3 Å². The number of aromatic nitrogens is 1. The Morgan fingerprint density at radius 2 is 1.31 bits per heavy atom. The first kappa shape index (κ1) is 27.4. The number of fused-ring (bicyclic) bond motifs is 3. The lowest BCUT2D eigenvalue weighted by atomic mass is 10.1. The van der Waals surface area contributed by atoms with Crippen LogP contribution in [-0.2, 0) is 0 Å². The van der Waals surface area contributed by atoms with E-state index in [2.05, 4.69) is 5.32 Å². The molecule has 0 atom stereocenters. The van der Waals surface area contributed by atoms with Crippen LogP contribution in [0.1, 0.15) is 25.5 Å². The normalized spacial score (nSPS) is 11.2. The van der Waals surface area contributed by atoms with E-state index < -0.39 is 28.0 Å². The minimum Gasteiger partial charge on any atom is -0.478 e. The van der Waals surface area contributed by atoms with Crippen LogP contribution in [0.5, 0.6) is 0 Å². The van der Waals surface area contributed by atoms with Crippen molar-refractivity contribution in [2.75, 3.05) is 11.1 Å². The average Bonchev–Trinajstić information content (AvgIpc) is 3.27. The van der Waals surface area contributed by atoms with Crippen LogP contribution in [0, 0.1) is 0 Å². The van der Waals surface area contributed by atoms with Crippen LogP contribution in [0.2, 0.25) is 20.1 Å². The van der Waals surface area contributed by atoms with E-state index in [-0.39, 0.29) is 26.7 Å². The van der Waals surface area contributed by atoms with E-state index in [1.807, 2.05) is 48.5 Å². The lowest BCUT2D eigenvalue weighted by Crippen LogP contribution is -2.18. The van der Waals surface area contributed by atoms with Crippen molar-refractivity contribution >= 4 is 103 Å². The number of rotatable bonds is 6. The number of carbonyl (C=O) groups excluding carboxylic acids is 2. The van der Waals surface area contributed by atoms with Gasteiger partial charge in [-0.2, -0.15) is 0 Å². The number of amides is 1. The predicted molar refractivity (Wildman–Crippen MR) is 159 cm³/mol. The lowest BCUT2D eigenvalue weighted by molar-refractivity contribution is 0.0692. The highest BCUT2D eigenvalue weighted by molar-refractivity contribution is 8.00. The molecule has 196 valence electrons. The number of thioether (sulfide) groups is 1. The van der Waals surface area contributed by atoms with Gasteiger partial charge < -0.3 is 10.4 Å². The molecule has 5 aromatic rings. The minimum absolute atomic E-state index is 0.102. The van der Waals surface area contributed by atoms with Crippen molar-refractivity contribution in [3.8, 4) is 0 Å². The number of para-hydroxylation sites is 2. The summed E-state index contributed by atoms with van der Waals surface area (Å²) < 4.78 is 1.72. The maximum atomic E-state index is 13.4. The summed E-state index contributed by atoms with van der Waals surface area (Å²) in [4.78, 5) is 38.9. The summed E-state index contributed by atoms with van der Waals surface area (Å²) in [6.45, 7) is 0. The number of hydrogen-bond acceptors (Lipinski definition) is 4. The molecule has 6 nitrogen and oxygen atoms in total. The molecule has 0 radical (unpaired) electrons. The van der Waals surface area contributed by atoms with Crippen LogP contribution >= 0.6 is 58.2 Å². The molecule has 39 heavy (non-hydrogen) atoms. The highest BCUT2D eigenvalue weighted by Gasteiger charge is 2.29. The number of hydrogen-bond donors (Lipinski definition) is 2. The van der Waals surface area contributed by atoms with Crippen molar-refractivity contribution < 1.29 is 19.5 Å². The maximum Gasteiger partial charge on any atom is 0.338 e. The standard InChI is InChI=1S/C28H16Cl4N2O4S/c29-23-21(22(28(37)38)24(30)26(32)25(23)31)27(36)33-14-6-5-7-15(12-14)39-13-20(35)34-18-10-3-1-8-16(18)17-9-2-4-11-19(17)34/h1-12H,13H2,(H,33,36)(H,37,38). The first-order valence-corrected chi connectivity index (χ1v) is 13.8. The van der Waals surface area contributed by atoms with E-state index in [4.69, 9.17) is 46.4 Å². The molecule has 11 heteroatoms. The summed E-state index contributed by atoms with van der Waals surface area (Å²) in [5.41, 5.74) is 1.04. The van der Waals surface area contributed by atoms with E-state index >= 15 is 0 Å². The molecule has 0 bridgehead atoms.